The molecule has 3 atom stereocenters. The van der Waals surface area contributed by atoms with Crippen molar-refractivity contribution in [3.63, 3.8) is 0 Å². The van der Waals surface area contributed by atoms with Gasteiger partial charge < -0.3 is 14.6 Å². The summed E-state index contributed by atoms with van der Waals surface area (Å²) in [6.07, 6.45) is -0.442. The lowest BCUT2D eigenvalue weighted by molar-refractivity contribution is -0.549. The van der Waals surface area contributed by atoms with E-state index >= 15 is 0 Å². The minimum atomic E-state index is -1.50. The molecule has 0 aromatic heterocycles. The Balaban J connectivity index is 1.71. The molecule has 3 aromatic rings. The van der Waals surface area contributed by atoms with Crippen molar-refractivity contribution in [2.24, 2.45) is 0 Å². The van der Waals surface area contributed by atoms with Crippen LogP contribution in [0.5, 0.6) is 5.75 Å². The summed E-state index contributed by atoms with van der Waals surface area (Å²) in [7, 11) is 0. The van der Waals surface area contributed by atoms with E-state index in [1.807, 2.05) is 36.4 Å². The third kappa shape index (κ3) is 4.49. The highest BCUT2D eigenvalue weighted by Gasteiger charge is 2.48. The van der Waals surface area contributed by atoms with Gasteiger partial charge in [-0.15, -0.1) is 6.58 Å². The standard InChI is InChI=1S/C26H23NO6/c1-2-9-18-12-8-15-21-23(28)22(27(30)31)25(33-24(18)21)19-13-6-7-14-20(19)26(29)32-16-17-10-4-3-5-11-17/h2-8,10-15,22-23,25,28H,1,9,16H2/t22?,23-,25-/m0/s1. The Morgan fingerprint density at radius 3 is 2.48 bits per heavy atom. The maximum absolute atomic E-state index is 12.9. The number of rotatable bonds is 7. The van der Waals surface area contributed by atoms with Gasteiger partial charge in [-0.1, -0.05) is 72.8 Å². The fourth-order valence-corrected chi connectivity index (χ4v) is 4.05. The van der Waals surface area contributed by atoms with Gasteiger partial charge in [-0.05, 0) is 23.6 Å². The number of allylic oxidation sites excluding steroid dienone is 1. The van der Waals surface area contributed by atoms with Crippen molar-refractivity contribution in [1.29, 1.82) is 0 Å². The van der Waals surface area contributed by atoms with Crippen molar-refractivity contribution in [3.05, 3.63) is 123 Å². The highest BCUT2D eigenvalue weighted by Crippen LogP contribution is 2.45. The first-order valence-corrected chi connectivity index (χ1v) is 10.5. The van der Waals surface area contributed by atoms with Gasteiger partial charge in [-0.2, -0.15) is 0 Å². The second-order valence-corrected chi connectivity index (χ2v) is 7.74. The quantitative estimate of drug-likeness (QED) is 0.247. The lowest BCUT2D eigenvalue weighted by Gasteiger charge is -2.34. The van der Waals surface area contributed by atoms with Gasteiger partial charge in [-0.25, -0.2) is 4.79 Å². The fraction of sp³-hybridized carbons (Fsp3) is 0.192. The van der Waals surface area contributed by atoms with E-state index in [4.69, 9.17) is 9.47 Å². The molecule has 0 saturated carbocycles. The summed E-state index contributed by atoms with van der Waals surface area (Å²) < 4.78 is 11.6. The molecular formula is C26H23NO6. The average Bonchev–Trinajstić information content (AvgIpc) is 2.83. The van der Waals surface area contributed by atoms with E-state index in [1.54, 1.807) is 42.5 Å². The largest absolute Gasteiger partial charge is 0.478 e. The number of nitrogens with zero attached hydrogens (tertiary/aromatic N) is 1. The molecule has 4 rings (SSSR count). The van der Waals surface area contributed by atoms with E-state index in [0.29, 0.717) is 17.7 Å². The molecule has 1 aliphatic rings. The Bertz CT molecular complexity index is 1180. The van der Waals surface area contributed by atoms with Gasteiger partial charge in [0.15, 0.2) is 12.2 Å². The van der Waals surface area contributed by atoms with E-state index in [-0.39, 0.29) is 17.7 Å². The van der Waals surface area contributed by atoms with E-state index in [0.717, 1.165) is 11.1 Å². The molecule has 0 bridgehead atoms. The molecule has 33 heavy (non-hydrogen) atoms. The number of benzene rings is 3. The number of ether oxygens (including phenoxy) is 2. The van der Waals surface area contributed by atoms with Gasteiger partial charge in [0.1, 0.15) is 12.4 Å². The lowest BCUT2D eigenvalue weighted by atomic mass is 9.87. The normalized spacial score (nSPS) is 19.1. The van der Waals surface area contributed by atoms with Crippen LogP contribution >= 0.6 is 0 Å². The maximum Gasteiger partial charge on any atom is 0.338 e. The van der Waals surface area contributed by atoms with Crippen LogP contribution in [0, 0.1) is 10.1 Å². The van der Waals surface area contributed by atoms with Gasteiger partial charge in [0.25, 0.3) is 6.04 Å². The summed E-state index contributed by atoms with van der Waals surface area (Å²) in [6, 6.07) is 19.3. The minimum absolute atomic E-state index is 0.0626. The fourth-order valence-electron chi connectivity index (χ4n) is 4.05. The molecule has 0 saturated heterocycles. The summed E-state index contributed by atoms with van der Waals surface area (Å²) in [5.41, 5.74) is 2.35. The zero-order chi connectivity index (χ0) is 23.4. The van der Waals surface area contributed by atoms with E-state index in [1.165, 1.54) is 0 Å². The van der Waals surface area contributed by atoms with Crippen LogP contribution in [-0.4, -0.2) is 22.0 Å². The topological polar surface area (TPSA) is 98.9 Å². The molecule has 7 heteroatoms. The Kier molecular flexibility index (Phi) is 6.51. The van der Waals surface area contributed by atoms with Crippen LogP contribution in [0.1, 0.15) is 44.8 Å². The predicted octanol–water partition coefficient (Wildman–Crippen LogP) is 4.58. The Hall–Kier alpha value is -3.97. The molecular weight excluding hydrogens is 422 g/mol. The van der Waals surface area contributed by atoms with Gasteiger partial charge in [-0.3, -0.25) is 10.1 Å². The summed E-state index contributed by atoms with van der Waals surface area (Å²) in [4.78, 5) is 24.4. The van der Waals surface area contributed by atoms with Crippen LogP contribution in [0.3, 0.4) is 0 Å². The van der Waals surface area contributed by atoms with Crippen molar-refractivity contribution in [2.75, 3.05) is 0 Å². The Labute approximate surface area is 191 Å². The van der Waals surface area contributed by atoms with Crippen LogP contribution in [0.15, 0.2) is 85.5 Å². The van der Waals surface area contributed by atoms with E-state index in [9.17, 15) is 20.0 Å². The van der Waals surface area contributed by atoms with Gasteiger partial charge in [0.05, 0.1) is 5.56 Å². The number of carbonyl (C=O) groups excluding carboxylic acids is 1. The third-order valence-electron chi connectivity index (χ3n) is 5.63. The van der Waals surface area contributed by atoms with Gasteiger partial charge in [0, 0.05) is 16.1 Å². The van der Waals surface area contributed by atoms with Crippen molar-refractivity contribution in [2.45, 2.75) is 31.3 Å². The van der Waals surface area contributed by atoms with E-state index < -0.39 is 29.1 Å². The molecule has 3 aromatic carbocycles. The molecule has 0 radical (unpaired) electrons. The van der Waals surface area contributed by atoms with Crippen LogP contribution in [0.25, 0.3) is 0 Å². The predicted molar refractivity (Wildman–Crippen MR) is 121 cm³/mol. The number of para-hydroxylation sites is 1. The summed E-state index contributed by atoms with van der Waals surface area (Å²) in [6.45, 7) is 3.80. The zero-order valence-electron chi connectivity index (χ0n) is 17.8. The molecule has 0 fully saturated rings. The van der Waals surface area contributed by atoms with Gasteiger partial charge >= 0.3 is 5.97 Å². The maximum atomic E-state index is 12.9. The first-order chi connectivity index (χ1) is 16.0. The van der Waals surface area contributed by atoms with Crippen LogP contribution < -0.4 is 4.74 Å². The smallest absolute Gasteiger partial charge is 0.338 e. The van der Waals surface area contributed by atoms with Crippen LogP contribution in [-0.2, 0) is 17.8 Å². The Morgan fingerprint density at radius 2 is 1.76 bits per heavy atom. The molecule has 0 amide bonds. The van der Waals surface area contributed by atoms with Crippen molar-refractivity contribution >= 4 is 5.97 Å². The van der Waals surface area contributed by atoms with Crippen LogP contribution in [0.2, 0.25) is 0 Å². The first kappa shape index (κ1) is 22.2. The highest BCUT2D eigenvalue weighted by atomic mass is 16.6. The van der Waals surface area contributed by atoms with E-state index in [2.05, 4.69) is 6.58 Å². The third-order valence-corrected chi connectivity index (χ3v) is 5.63. The van der Waals surface area contributed by atoms with Crippen molar-refractivity contribution in [3.8, 4) is 5.75 Å². The molecule has 1 N–H and O–H groups in total. The summed E-state index contributed by atoms with van der Waals surface area (Å²) in [5.74, 6) is -0.250. The zero-order valence-corrected chi connectivity index (χ0v) is 17.8. The second kappa shape index (κ2) is 9.67. The SMILES string of the molecule is C=CCc1cccc2c1O[C@@H](c1ccccc1C(=O)OCc1ccccc1)C([N+](=O)[O-])[C@H]2O. The number of nitro groups is 1. The second-order valence-electron chi connectivity index (χ2n) is 7.74. The molecule has 7 nitrogen and oxygen atoms in total. The van der Waals surface area contributed by atoms with Crippen molar-refractivity contribution in [1.82, 2.24) is 0 Å². The van der Waals surface area contributed by atoms with Crippen LogP contribution in [0.4, 0.5) is 0 Å². The van der Waals surface area contributed by atoms with Crippen molar-refractivity contribution < 1.29 is 24.3 Å². The number of esters is 1. The highest BCUT2D eigenvalue weighted by molar-refractivity contribution is 5.91. The average molecular weight is 445 g/mol. The summed E-state index contributed by atoms with van der Waals surface area (Å²) >= 11 is 0. The monoisotopic (exact) mass is 445 g/mol. The Morgan fingerprint density at radius 1 is 1.06 bits per heavy atom. The molecule has 1 aliphatic heterocycles. The minimum Gasteiger partial charge on any atom is -0.478 e. The molecule has 168 valence electrons. The molecule has 0 spiro atoms. The number of hydrogen-bond acceptors (Lipinski definition) is 6. The lowest BCUT2D eigenvalue weighted by Crippen LogP contribution is -2.41. The number of carbonyl (C=O) groups is 1. The number of hydrogen-bond donors (Lipinski definition) is 1. The summed E-state index contributed by atoms with van der Waals surface area (Å²) in [5, 5.41) is 22.9. The molecule has 1 heterocycles. The first-order valence-electron chi connectivity index (χ1n) is 10.5. The molecule has 0 aliphatic carbocycles. The number of fused-ring (bicyclic) bond motifs is 1. The number of aliphatic hydroxyl groups excluding tert-OH is 1. The molecule has 1 unspecified atom stereocenters. The number of aliphatic hydroxyl groups is 1. The van der Waals surface area contributed by atoms with Gasteiger partial charge in [0.2, 0.25) is 0 Å².